The van der Waals surface area contributed by atoms with Gasteiger partial charge in [0.15, 0.2) is 18.9 Å². The van der Waals surface area contributed by atoms with Gasteiger partial charge in [0, 0.05) is 23.9 Å². The van der Waals surface area contributed by atoms with Crippen LogP contribution in [0.1, 0.15) is 6.42 Å². The highest BCUT2D eigenvalue weighted by molar-refractivity contribution is 7.19. The number of hydrogen-bond donors (Lipinski definition) is 0. The third-order valence-corrected chi connectivity index (χ3v) is 3.90. The van der Waals surface area contributed by atoms with Crippen molar-refractivity contribution in [1.82, 2.24) is 14.6 Å². The number of hydrogen-bond acceptors (Lipinski definition) is 5. The van der Waals surface area contributed by atoms with E-state index in [4.69, 9.17) is 0 Å². The van der Waals surface area contributed by atoms with Crippen LogP contribution in [-0.2, 0) is 16.1 Å². The van der Waals surface area contributed by atoms with Gasteiger partial charge in [0.2, 0.25) is 4.96 Å². The number of methoxy groups -OCH3 is 1. The van der Waals surface area contributed by atoms with Gasteiger partial charge in [0.05, 0.1) is 13.3 Å². The number of ether oxygens (including phenoxy) is 1. The first-order valence-electron chi connectivity index (χ1n) is 6.13. The highest BCUT2D eigenvalue weighted by atomic mass is 32.1. The number of esters is 1. The number of rotatable bonds is 4. The van der Waals surface area contributed by atoms with E-state index >= 15 is 0 Å². The molecule has 3 aromatic rings. The maximum absolute atomic E-state index is 11.1. The molecule has 0 aliphatic rings. The summed E-state index contributed by atoms with van der Waals surface area (Å²) < 4.78 is 8.33. The van der Waals surface area contributed by atoms with Crippen LogP contribution < -0.4 is 4.57 Å². The summed E-state index contributed by atoms with van der Waals surface area (Å²) in [5, 5.41) is 5.37. The van der Waals surface area contributed by atoms with Crippen LogP contribution in [0.2, 0.25) is 0 Å². The highest BCUT2D eigenvalue weighted by Crippen LogP contribution is 2.23. The Balaban J connectivity index is 1.75. The zero-order valence-electron chi connectivity index (χ0n) is 10.9. The van der Waals surface area contributed by atoms with Crippen LogP contribution in [-0.4, -0.2) is 27.7 Å². The fourth-order valence-electron chi connectivity index (χ4n) is 1.83. The first kappa shape index (κ1) is 12.7. The maximum atomic E-state index is 11.1. The van der Waals surface area contributed by atoms with Crippen molar-refractivity contribution in [1.29, 1.82) is 0 Å². The normalized spacial score (nSPS) is 10.8. The van der Waals surface area contributed by atoms with Crippen LogP contribution in [0.25, 0.3) is 15.5 Å². The van der Waals surface area contributed by atoms with Gasteiger partial charge in [0.1, 0.15) is 11.4 Å². The first-order chi connectivity index (χ1) is 9.76. The van der Waals surface area contributed by atoms with Crippen molar-refractivity contribution >= 4 is 22.3 Å². The molecule has 102 valence electrons. The maximum Gasteiger partial charge on any atom is 0.311 e. The summed E-state index contributed by atoms with van der Waals surface area (Å²) in [7, 11) is 1.40. The van der Waals surface area contributed by atoms with E-state index in [1.807, 2.05) is 35.3 Å². The fourth-order valence-corrected chi connectivity index (χ4v) is 2.69. The minimum atomic E-state index is -0.206. The molecule has 0 aromatic carbocycles. The molecule has 0 bridgehead atoms. The van der Waals surface area contributed by atoms with Crippen molar-refractivity contribution in [3.8, 4) is 10.6 Å². The molecule has 0 fully saturated rings. The molecule has 0 saturated carbocycles. The number of aryl methyl sites for hydroxylation is 1. The molecule has 3 heterocycles. The molecular weight excluding hydrogens is 276 g/mol. The lowest BCUT2D eigenvalue weighted by Crippen LogP contribution is -2.33. The lowest BCUT2D eigenvalue weighted by molar-refractivity contribution is -0.695. The van der Waals surface area contributed by atoms with Crippen LogP contribution in [0.4, 0.5) is 0 Å². The van der Waals surface area contributed by atoms with E-state index in [2.05, 4.69) is 14.8 Å². The van der Waals surface area contributed by atoms with Gasteiger partial charge in [-0.2, -0.15) is 5.10 Å². The van der Waals surface area contributed by atoms with Crippen LogP contribution >= 0.6 is 11.3 Å². The highest BCUT2D eigenvalue weighted by Gasteiger charge is 2.10. The molecule has 0 amide bonds. The van der Waals surface area contributed by atoms with E-state index in [-0.39, 0.29) is 5.97 Å². The number of fused-ring (bicyclic) bond motifs is 1. The lowest BCUT2D eigenvalue weighted by atomic mass is 10.3. The molecule has 0 aliphatic carbocycles. The molecule has 3 aromatic heterocycles. The van der Waals surface area contributed by atoms with Gasteiger partial charge >= 0.3 is 5.97 Å². The van der Waals surface area contributed by atoms with Gasteiger partial charge in [0.25, 0.3) is 0 Å². The minimum Gasteiger partial charge on any atom is -0.469 e. The van der Waals surface area contributed by atoms with E-state index in [0.29, 0.717) is 13.0 Å². The molecule has 6 nitrogen and oxygen atoms in total. The van der Waals surface area contributed by atoms with Gasteiger partial charge in [-0.05, 0) is 0 Å². The van der Waals surface area contributed by atoms with Crippen molar-refractivity contribution in [2.45, 2.75) is 13.0 Å². The molecule has 0 radical (unpaired) electrons. The predicted octanol–water partition coefficient (Wildman–Crippen LogP) is 1.31. The van der Waals surface area contributed by atoms with Crippen LogP contribution in [0, 0.1) is 0 Å². The summed E-state index contributed by atoms with van der Waals surface area (Å²) in [6.45, 7) is 0.605. The zero-order valence-corrected chi connectivity index (χ0v) is 11.7. The van der Waals surface area contributed by atoms with Crippen molar-refractivity contribution in [3.63, 3.8) is 0 Å². The molecule has 0 spiro atoms. The Morgan fingerprint density at radius 3 is 2.95 bits per heavy atom. The standard InChI is InChI=1S/C13H13N4O2S/c1-19-11(18)4-8-16-6-2-10(3-7-16)12-15-17-9-5-14-13(17)20-12/h2-3,5-7,9H,4,8H2,1H3/q+1. The SMILES string of the molecule is COC(=O)CC[n+]1ccc(-c2nn3ccnc3s2)cc1. The number of pyridine rings is 1. The summed E-state index contributed by atoms with van der Waals surface area (Å²) in [5.74, 6) is -0.206. The third-order valence-electron chi connectivity index (χ3n) is 2.92. The Bertz CT molecular complexity index is 704. The monoisotopic (exact) mass is 289 g/mol. The Kier molecular flexibility index (Phi) is 3.42. The van der Waals surface area contributed by atoms with E-state index in [1.54, 1.807) is 22.0 Å². The second kappa shape index (κ2) is 5.38. The molecule has 0 aliphatic heterocycles. The molecule has 0 atom stereocenters. The number of carbonyl (C=O) groups excluding carboxylic acids is 1. The molecule has 3 rings (SSSR count). The molecule has 20 heavy (non-hydrogen) atoms. The van der Waals surface area contributed by atoms with Gasteiger partial charge in [-0.15, -0.1) is 0 Å². The molecule has 7 heteroatoms. The quantitative estimate of drug-likeness (QED) is 0.537. The number of imidazole rings is 1. The smallest absolute Gasteiger partial charge is 0.311 e. The van der Waals surface area contributed by atoms with Crippen molar-refractivity contribution in [2.75, 3.05) is 7.11 Å². The Labute approximate surface area is 119 Å². The molecule has 0 saturated heterocycles. The number of aromatic nitrogens is 4. The topological polar surface area (TPSA) is 60.4 Å². The van der Waals surface area contributed by atoms with Gasteiger partial charge in [-0.1, -0.05) is 11.3 Å². The summed E-state index contributed by atoms with van der Waals surface area (Å²) in [6, 6.07) is 3.96. The first-order valence-corrected chi connectivity index (χ1v) is 6.94. The second-order valence-electron chi connectivity index (χ2n) is 4.21. The largest absolute Gasteiger partial charge is 0.469 e. The fraction of sp³-hybridized carbons (Fsp3) is 0.231. The van der Waals surface area contributed by atoms with Crippen molar-refractivity contribution < 1.29 is 14.1 Å². The summed E-state index contributed by atoms with van der Waals surface area (Å²) in [5.41, 5.74) is 1.04. The second-order valence-corrected chi connectivity index (χ2v) is 5.17. The molecule has 0 unspecified atom stereocenters. The Morgan fingerprint density at radius 2 is 2.25 bits per heavy atom. The lowest BCUT2D eigenvalue weighted by Gasteiger charge is -1.98. The van der Waals surface area contributed by atoms with Gasteiger partial charge in [-0.25, -0.2) is 14.1 Å². The van der Waals surface area contributed by atoms with Crippen molar-refractivity contribution in [3.05, 3.63) is 36.9 Å². The van der Waals surface area contributed by atoms with Crippen LogP contribution in [0.5, 0.6) is 0 Å². The minimum absolute atomic E-state index is 0.206. The summed E-state index contributed by atoms with van der Waals surface area (Å²) >= 11 is 1.54. The zero-order chi connectivity index (χ0) is 13.9. The predicted molar refractivity (Wildman–Crippen MR) is 73.1 cm³/mol. The average Bonchev–Trinajstić information content (AvgIpc) is 3.06. The average molecular weight is 289 g/mol. The molecular formula is C13H13N4O2S+. The Hall–Kier alpha value is -2.28. The summed E-state index contributed by atoms with van der Waals surface area (Å²) in [6.07, 6.45) is 7.79. The number of carbonyl (C=O) groups is 1. The van der Waals surface area contributed by atoms with Gasteiger partial charge in [-0.3, -0.25) is 4.79 Å². The van der Waals surface area contributed by atoms with Crippen molar-refractivity contribution in [2.24, 2.45) is 0 Å². The van der Waals surface area contributed by atoms with Crippen LogP contribution in [0.15, 0.2) is 36.9 Å². The molecule has 0 N–H and O–H groups in total. The van der Waals surface area contributed by atoms with E-state index < -0.39 is 0 Å². The van der Waals surface area contributed by atoms with E-state index in [1.165, 1.54) is 7.11 Å². The Morgan fingerprint density at radius 1 is 1.45 bits per heavy atom. The van der Waals surface area contributed by atoms with Gasteiger partial charge < -0.3 is 4.74 Å². The van der Waals surface area contributed by atoms with E-state index in [9.17, 15) is 4.79 Å². The van der Waals surface area contributed by atoms with Crippen LogP contribution in [0.3, 0.4) is 0 Å². The third kappa shape index (κ3) is 2.53. The van der Waals surface area contributed by atoms with E-state index in [0.717, 1.165) is 15.5 Å². The number of nitrogens with zero attached hydrogens (tertiary/aromatic N) is 4. The summed E-state index contributed by atoms with van der Waals surface area (Å²) in [4.78, 5) is 16.2.